The van der Waals surface area contributed by atoms with Crippen molar-refractivity contribution in [1.29, 1.82) is 0 Å². The van der Waals surface area contributed by atoms with E-state index < -0.39 is 0 Å². The number of ether oxygens (including phenoxy) is 2. The summed E-state index contributed by atoms with van der Waals surface area (Å²) in [4.78, 5) is 11.2. The molecule has 0 aliphatic carbocycles. The lowest BCUT2D eigenvalue weighted by Gasteiger charge is -2.11. The summed E-state index contributed by atoms with van der Waals surface area (Å²) in [6.07, 6.45) is 0.172. The summed E-state index contributed by atoms with van der Waals surface area (Å²) in [6.45, 7) is 4.34. The lowest BCUT2D eigenvalue weighted by molar-refractivity contribution is -0.139. The van der Waals surface area contributed by atoms with E-state index in [1.54, 1.807) is 6.07 Å². The average Bonchev–Trinajstić information content (AvgIpc) is 2.25. The number of aryl methyl sites for hydroxylation is 1. The Hall–Kier alpha value is -1.22. The van der Waals surface area contributed by atoms with Crippen molar-refractivity contribution in [2.24, 2.45) is 0 Å². The van der Waals surface area contributed by atoms with Crippen molar-refractivity contribution in [3.05, 3.63) is 28.3 Å². The minimum absolute atomic E-state index is 0.172. The highest BCUT2D eigenvalue weighted by Crippen LogP contribution is 2.27. The van der Waals surface area contributed by atoms with Crippen LogP contribution in [0.3, 0.4) is 0 Å². The normalized spacial score (nSPS) is 10.0. The Bertz CT molecular complexity index is 388. The molecule has 0 atom stereocenters. The van der Waals surface area contributed by atoms with Crippen molar-refractivity contribution in [2.75, 3.05) is 13.7 Å². The van der Waals surface area contributed by atoms with Crippen molar-refractivity contribution >= 4 is 17.6 Å². The van der Waals surface area contributed by atoms with Gasteiger partial charge in [-0.15, -0.1) is 0 Å². The summed E-state index contributed by atoms with van der Waals surface area (Å²) in [5, 5.41) is 0.627. The number of benzene rings is 1. The first-order chi connectivity index (χ1) is 7.58. The molecule has 0 bridgehead atoms. The van der Waals surface area contributed by atoms with Gasteiger partial charge in [0.2, 0.25) is 0 Å². The SMILES string of the molecule is CCOc1cc(C)c(Cl)cc1CC(=O)OC. The number of carbonyl (C=O) groups excluding carboxylic acids is 1. The van der Waals surface area contributed by atoms with Crippen LogP contribution in [-0.2, 0) is 16.0 Å². The van der Waals surface area contributed by atoms with Crippen molar-refractivity contribution in [3.8, 4) is 5.75 Å². The summed E-state index contributed by atoms with van der Waals surface area (Å²) in [6, 6.07) is 3.59. The van der Waals surface area contributed by atoms with E-state index in [0.29, 0.717) is 17.4 Å². The maximum absolute atomic E-state index is 11.2. The summed E-state index contributed by atoms with van der Waals surface area (Å²) in [5.41, 5.74) is 1.68. The number of hydrogen-bond donors (Lipinski definition) is 0. The van der Waals surface area contributed by atoms with E-state index in [-0.39, 0.29) is 12.4 Å². The zero-order valence-electron chi connectivity index (χ0n) is 9.67. The van der Waals surface area contributed by atoms with Gasteiger partial charge in [-0.3, -0.25) is 4.79 Å². The monoisotopic (exact) mass is 242 g/mol. The van der Waals surface area contributed by atoms with Crippen LogP contribution in [0, 0.1) is 6.92 Å². The van der Waals surface area contributed by atoms with Gasteiger partial charge >= 0.3 is 5.97 Å². The summed E-state index contributed by atoms with van der Waals surface area (Å²) in [5.74, 6) is 0.385. The van der Waals surface area contributed by atoms with E-state index in [0.717, 1.165) is 11.1 Å². The molecule has 1 aromatic carbocycles. The highest BCUT2D eigenvalue weighted by atomic mass is 35.5. The molecule has 0 saturated carbocycles. The van der Waals surface area contributed by atoms with Crippen LogP contribution in [0.2, 0.25) is 5.02 Å². The van der Waals surface area contributed by atoms with Gasteiger partial charge in [0.15, 0.2) is 0 Å². The Morgan fingerprint density at radius 1 is 1.44 bits per heavy atom. The molecule has 0 aliphatic rings. The van der Waals surface area contributed by atoms with Crippen LogP contribution in [0.25, 0.3) is 0 Å². The molecule has 0 amide bonds. The molecule has 0 heterocycles. The maximum Gasteiger partial charge on any atom is 0.310 e. The fourth-order valence-electron chi connectivity index (χ4n) is 1.35. The lowest BCUT2D eigenvalue weighted by Crippen LogP contribution is -2.07. The molecule has 0 radical (unpaired) electrons. The van der Waals surface area contributed by atoms with Gasteiger partial charge in [-0.1, -0.05) is 11.6 Å². The molecule has 0 unspecified atom stereocenters. The van der Waals surface area contributed by atoms with E-state index in [2.05, 4.69) is 4.74 Å². The summed E-state index contributed by atoms with van der Waals surface area (Å²) < 4.78 is 10.1. The fraction of sp³-hybridized carbons (Fsp3) is 0.417. The molecule has 0 aromatic heterocycles. The van der Waals surface area contributed by atoms with E-state index >= 15 is 0 Å². The third kappa shape index (κ3) is 3.14. The van der Waals surface area contributed by atoms with E-state index in [1.165, 1.54) is 7.11 Å². The number of carbonyl (C=O) groups is 1. The predicted molar refractivity (Wildman–Crippen MR) is 63.1 cm³/mol. The molecule has 0 saturated heterocycles. The van der Waals surface area contributed by atoms with Gasteiger partial charge in [-0.25, -0.2) is 0 Å². The fourth-order valence-corrected chi connectivity index (χ4v) is 1.54. The second-order valence-electron chi connectivity index (χ2n) is 3.40. The third-order valence-electron chi connectivity index (χ3n) is 2.20. The van der Waals surface area contributed by atoms with Gasteiger partial charge in [0.05, 0.1) is 20.1 Å². The molecule has 0 N–H and O–H groups in total. The second-order valence-corrected chi connectivity index (χ2v) is 3.80. The van der Waals surface area contributed by atoms with Crippen LogP contribution in [0.4, 0.5) is 0 Å². The first-order valence-corrected chi connectivity index (χ1v) is 5.45. The summed E-state index contributed by atoms with van der Waals surface area (Å²) >= 11 is 6.00. The summed E-state index contributed by atoms with van der Waals surface area (Å²) in [7, 11) is 1.36. The minimum atomic E-state index is -0.305. The standard InChI is InChI=1S/C12H15ClO3/c1-4-16-11-5-8(2)10(13)6-9(11)7-12(14)15-3/h5-6H,4,7H2,1-3H3. The van der Waals surface area contributed by atoms with Crippen LogP contribution < -0.4 is 4.74 Å². The molecule has 88 valence electrons. The maximum atomic E-state index is 11.2. The predicted octanol–water partition coefficient (Wildman–Crippen LogP) is 2.76. The molecule has 0 spiro atoms. The Kier molecular flexibility index (Phi) is 4.62. The quantitative estimate of drug-likeness (QED) is 0.762. The van der Waals surface area contributed by atoms with E-state index in [4.69, 9.17) is 16.3 Å². The highest BCUT2D eigenvalue weighted by molar-refractivity contribution is 6.31. The number of hydrogen-bond acceptors (Lipinski definition) is 3. The van der Waals surface area contributed by atoms with Gasteiger partial charge in [-0.05, 0) is 31.5 Å². The van der Waals surface area contributed by atoms with Crippen molar-refractivity contribution < 1.29 is 14.3 Å². The van der Waals surface area contributed by atoms with Gasteiger partial charge in [-0.2, -0.15) is 0 Å². The molecule has 16 heavy (non-hydrogen) atoms. The number of rotatable bonds is 4. The number of methoxy groups -OCH3 is 1. The number of esters is 1. The van der Waals surface area contributed by atoms with E-state index in [1.807, 2.05) is 19.9 Å². The Morgan fingerprint density at radius 2 is 2.12 bits per heavy atom. The lowest BCUT2D eigenvalue weighted by atomic mass is 10.1. The van der Waals surface area contributed by atoms with Crippen LogP contribution in [-0.4, -0.2) is 19.7 Å². The van der Waals surface area contributed by atoms with Crippen LogP contribution in [0.15, 0.2) is 12.1 Å². The first-order valence-electron chi connectivity index (χ1n) is 5.07. The van der Waals surface area contributed by atoms with Crippen molar-refractivity contribution in [3.63, 3.8) is 0 Å². The molecule has 1 rings (SSSR count). The topological polar surface area (TPSA) is 35.5 Å². The van der Waals surface area contributed by atoms with E-state index in [9.17, 15) is 4.79 Å². The minimum Gasteiger partial charge on any atom is -0.494 e. The molecule has 0 aliphatic heterocycles. The Labute approximate surface area is 100 Å². The van der Waals surface area contributed by atoms with Crippen LogP contribution >= 0.6 is 11.6 Å². The van der Waals surface area contributed by atoms with Gasteiger partial charge in [0, 0.05) is 10.6 Å². The smallest absolute Gasteiger partial charge is 0.310 e. The van der Waals surface area contributed by atoms with Gasteiger partial charge < -0.3 is 9.47 Å². The second kappa shape index (κ2) is 5.75. The van der Waals surface area contributed by atoms with Gasteiger partial charge in [0.1, 0.15) is 5.75 Å². The largest absolute Gasteiger partial charge is 0.494 e. The Morgan fingerprint density at radius 3 is 2.69 bits per heavy atom. The van der Waals surface area contributed by atoms with Crippen LogP contribution in [0.5, 0.6) is 5.75 Å². The van der Waals surface area contributed by atoms with Gasteiger partial charge in [0.25, 0.3) is 0 Å². The molecule has 0 fully saturated rings. The Balaban J connectivity index is 3.03. The molecular formula is C12H15ClO3. The molecule has 3 nitrogen and oxygen atoms in total. The number of halogens is 1. The van der Waals surface area contributed by atoms with Crippen LogP contribution in [0.1, 0.15) is 18.1 Å². The zero-order valence-corrected chi connectivity index (χ0v) is 10.4. The van der Waals surface area contributed by atoms with Crippen molar-refractivity contribution in [1.82, 2.24) is 0 Å². The average molecular weight is 243 g/mol. The molecule has 4 heteroatoms. The highest BCUT2D eigenvalue weighted by Gasteiger charge is 2.11. The molecular weight excluding hydrogens is 228 g/mol. The first kappa shape index (κ1) is 12.8. The third-order valence-corrected chi connectivity index (χ3v) is 2.61. The molecule has 1 aromatic rings. The zero-order chi connectivity index (χ0) is 12.1. The van der Waals surface area contributed by atoms with Crippen molar-refractivity contribution in [2.45, 2.75) is 20.3 Å².